The molecule has 5 nitrogen and oxygen atoms in total. The summed E-state index contributed by atoms with van der Waals surface area (Å²) in [5.41, 5.74) is 2.87. The molecule has 1 fully saturated rings. The van der Waals surface area contributed by atoms with Crippen LogP contribution in [0, 0.1) is 12.8 Å². The number of carbonyl (C=O) groups excluding carboxylic acids is 2. The average Bonchev–Trinajstić information content (AvgIpc) is 3.17. The van der Waals surface area contributed by atoms with E-state index >= 15 is 0 Å². The van der Waals surface area contributed by atoms with Crippen LogP contribution in [0.5, 0.6) is 5.75 Å². The molecule has 2 atom stereocenters. The summed E-state index contributed by atoms with van der Waals surface area (Å²) >= 11 is 0. The highest BCUT2D eigenvalue weighted by Gasteiger charge is 2.41. The predicted molar refractivity (Wildman–Crippen MR) is 110 cm³/mol. The zero-order valence-corrected chi connectivity index (χ0v) is 17.0. The second-order valence-corrected chi connectivity index (χ2v) is 7.42. The zero-order chi connectivity index (χ0) is 20.3. The molecule has 2 unspecified atom stereocenters. The van der Waals surface area contributed by atoms with Crippen molar-refractivity contribution in [3.05, 3.63) is 65.2 Å². The highest BCUT2D eigenvalue weighted by Crippen LogP contribution is 2.35. The first-order valence-corrected chi connectivity index (χ1v) is 9.69. The number of nitrogens with zero attached hydrogens (tertiary/aromatic N) is 2. The number of methoxy groups -OCH3 is 1. The number of hydrogen-bond donors (Lipinski definition) is 0. The van der Waals surface area contributed by atoms with Gasteiger partial charge in [0.25, 0.3) is 5.91 Å². The van der Waals surface area contributed by atoms with E-state index in [9.17, 15) is 9.59 Å². The maximum absolute atomic E-state index is 13.1. The minimum atomic E-state index is -0.234. The minimum absolute atomic E-state index is 0.00309. The summed E-state index contributed by atoms with van der Waals surface area (Å²) in [5, 5.41) is 0. The third-order valence-corrected chi connectivity index (χ3v) is 5.60. The third kappa shape index (κ3) is 4.03. The van der Waals surface area contributed by atoms with E-state index in [0.717, 1.165) is 5.56 Å². The summed E-state index contributed by atoms with van der Waals surface area (Å²) in [5.74, 6) is 0.442. The lowest BCUT2D eigenvalue weighted by molar-refractivity contribution is -0.133. The fourth-order valence-corrected chi connectivity index (χ4v) is 3.75. The van der Waals surface area contributed by atoms with Gasteiger partial charge in [0.2, 0.25) is 5.91 Å². The molecule has 3 rings (SSSR count). The van der Waals surface area contributed by atoms with Crippen LogP contribution in [0.2, 0.25) is 0 Å². The first-order chi connectivity index (χ1) is 13.4. The molecule has 1 heterocycles. The van der Waals surface area contributed by atoms with E-state index in [1.54, 1.807) is 29.0 Å². The number of hydrogen-bond acceptors (Lipinski definition) is 3. The van der Waals surface area contributed by atoms with Crippen molar-refractivity contribution < 1.29 is 14.3 Å². The van der Waals surface area contributed by atoms with Gasteiger partial charge < -0.3 is 14.5 Å². The van der Waals surface area contributed by atoms with Gasteiger partial charge in [-0.3, -0.25) is 9.59 Å². The fourth-order valence-electron chi connectivity index (χ4n) is 3.75. The Morgan fingerprint density at radius 3 is 2.50 bits per heavy atom. The molecule has 2 aromatic rings. The van der Waals surface area contributed by atoms with E-state index in [2.05, 4.69) is 24.3 Å². The average molecular weight is 380 g/mol. The van der Waals surface area contributed by atoms with Gasteiger partial charge in [-0.2, -0.15) is 0 Å². The first kappa shape index (κ1) is 19.9. The molecule has 28 heavy (non-hydrogen) atoms. The quantitative estimate of drug-likeness (QED) is 0.799. The summed E-state index contributed by atoms with van der Waals surface area (Å²) in [6.07, 6.45) is 0. The van der Waals surface area contributed by atoms with Gasteiger partial charge in [-0.05, 0) is 37.6 Å². The van der Waals surface area contributed by atoms with E-state index < -0.39 is 0 Å². The normalized spacial score (nSPS) is 18.8. The Hall–Kier alpha value is -2.82. The standard InChI is InChI=1S/C23H28N2O3/c1-5-24(3)23(27)21-15-25(14-20(21)17-11-9-16(2)10-12-17)22(26)18-7-6-8-19(13-18)28-4/h6-13,20-21H,5,14-15H2,1-4H3. The lowest BCUT2D eigenvalue weighted by Crippen LogP contribution is -2.36. The molecule has 0 aliphatic carbocycles. The van der Waals surface area contributed by atoms with Crippen molar-refractivity contribution >= 4 is 11.8 Å². The van der Waals surface area contributed by atoms with Crippen LogP contribution in [0.15, 0.2) is 48.5 Å². The molecule has 0 spiro atoms. The molecule has 1 aliphatic heterocycles. The molecule has 5 heteroatoms. The van der Waals surface area contributed by atoms with Gasteiger partial charge in [0, 0.05) is 38.2 Å². The number of aryl methyl sites for hydroxylation is 1. The molecule has 0 N–H and O–H groups in total. The van der Waals surface area contributed by atoms with Crippen molar-refractivity contribution in [2.24, 2.45) is 5.92 Å². The molecule has 0 aromatic heterocycles. The van der Waals surface area contributed by atoms with Crippen molar-refractivity contribution in [3.63, 3.8) is 0 Å². The van der Waals surface area contributed by atoms with Crippen LogP contribution in [0.4, 0.5) is 0 Å². The van der Waals surface area contributed by atoms with Gasteiger partial charge in [0.05, 0.1) is 13.0 Å². The van der Waals surface area contributed by atoms with E-state index in [-0.39, 0.29) is 23.7 Å². The van der Waals surface area contributed by atoms with Crippen LogP contribution in [0.1, 0.15) is 34.3 Å². The summed E-state index contributed by atoms with van der Waals surface area (Å²) in [7, 11) is 3.41. The molecule has 0 bridgehead atoms. The maximum Gasteiger partial charge on any atom is 0.254 e. The number of rotatable bonds is 5. The zero-order valence-electron chi connectivity index (χ0n) is 17.0. The predicted octanol–water partition coefficient (Wildman–Crippen LogP) is 3.34. The molecule has 148 valence electrons. The van der Waals surface area contributed by atoms with E-state index in [1.807, 2.05) is 33.0 Å². The van der Waals surface area contributed by atoms with Crippen molar-refractivity contribution in [1.29, 1.82) is 0 Å². The third-order valence-electron chi connectivity index (χ3n) is 5.60. The minimum Gasteiger partial charge on any atom is -0.497 e. The van der Waals surface area contributed by atoms with Crippen LogP contribution < -0.4 is 4.74 Å². The monoisotopic (exact) mass is 380 g/mol. The number of amides is 2. The van der Waals surface area contributed by atoms with Gasteiger partial charge in [0.1, 0.15) is 5.75 Å². The number of ether oxygens (including phenoxy) is 1. The van der Waals surface area contributed by atoms with E-state index in [4.69, 9.17) is 4.74 Å². The molecule has 0 radical (unpaired) electrons. The van der Waals surface area contributed by atoms with Gasteiger partial charge >= 0.3 is 0 Å². The summed E-state index contributed by atoms with van der Waals surface area (Å²) in [6.45, 7) is 5.63. The Morgan fingerprint density at radius 1 is 1.14 bits per heavy atom. The molecule has 1 aliphatic rings. The number of likely N-dealkylation sites (tertiary alicyclic amines) is 1. The topological polar surface area (TPSA) is 49.9 Å². The number of benzene rings is 2. The molecule has 1 saturated heterocycles. The van der Waals surface area contributed by atoms with Crippen LogP contribution in [0.25, 0.3) is 0 Å². The van der Waals surface area contributed by atoms with Gasteiger partial charge in [0.15, 0.2) is 0 Å². The van der Waals surface area contributed by atoms with Gasteiger partial charge in [-0.15, -0.1) is 0 Å². The molecule has 2 aromatic carbocycles. The largest absolute Gasteiger partial charge is 0.497 e. The highest BCUT2D eigenvalue weighted by atomic mass is 16.5. The van der Waals surface area contributed by atoms with Crippen molar-refractivity contribution in [2.45, 2.75) is 19.8 Å². The Kier molecular flexibility index (Phi) is 6.02. The maximum atomic E-state index is 13.1. The Bertz CT molecular complexity index is 847. The van der Waals surface area contributed by atoms with Crippen LogP contribution in [-0.2, 0) is 4.79 Å². The van der Waals surface area contributed by atoms with E-state index in [1.165, 1.54) is 5.56 Å². The second-order valence-electron chi connectivity index (χ2n) is 7.42. The number of carbonyl (C=O) groups is 2. The van der Waals surface area contributed by atoms with Crippen LogP contribution in [0.3, 0.4) is 0 Å². The molecular formula is C23H28N2O3. The smallest absolute Gasteiger partial charge is 0.254 e. The van der Waals surface area contributed by atoms with Crippen LogP contribution >= 0.6 is 0 Å². The molecular weight excluding hydrogens is 352 g/mol. The van der Waals surface area contributed by atoms with Gasteiger partial charge in [-0.25, -0.2) is 0 Å². The van der Waals surface area contributed by atoms with Crippen molar-refractivity contribution in [2.75, 3.05) is 33.8 Å². The fraction of sp³-hybridized carbons (Fsp3) is 0.391. The summed E-state index contributed by atoms with van der Waals surface area (Å²) in [6, 6.07) is 15.4. The Balaban J connectivity index is 1.89. The lowest BCUT2D eigenvalue weighted by atomic mass is 9.87. The highest BCUT2D eigenvalue weighted by molar-refractivity contribution is 5.95. The second kappa shape index (κ2) is 8.46. The summed E-state index contributed by atoms with van der Waals surface area (Å²) in [4.78, 5) is 29.6. The Labute approximate surface area is 166 Å². The first-order valence-electron chi connectivity index (χ1n) is 9.69. The molecule has 0 saturated carbocycles. The molecule has 2 amide bonds. The SMILES string of the molecule is CCN(C)C(=O)C1CN(C(=O)c2cccc(OC)c2)CC1c1ccc(C)cc1. The Morgan fingerprint density at radius 2 is 1.86 bits per heavy atom. The lowest BCUT2D eigenvalue weighted by Gasteiger charge is -2.23. The van der Waals surface area contributed by atoms with Crippen molar-refractivity contribution in [3.8, 4) is 5.75 Å². The van der Waals surface area contributed by atoms with Gasteiger partial charge in [-0.1, -0.05) is 35.9 Å². The van der Waals surface area contributed by atoms with Crippen molar-refractivity contribution in [1.82, 2.24) is 9.80 Å². The summed E-state index contributed by atoms with van der Waals surface area (Å²) < 4.78 is 5.24. The van der Waals surface area contributed by atoms with Crippen LogP contribution in [-0.4, -0.2) is 55.4 Å². The van der Waals surface area contributed by atoms with E-state index in [0.29, 0.717) is 30.9 Å².